The van der Waals surface area contributed by atoms with Crippen LogP contribution in [0.3, 0.4) is 0 Å². The first kappa shape index (κ1) is 12.3. The molecule has 0 bridgehead atoms. The molecule has 0 saturated carbocycles. The first-order valence-corrected chi connectivity index (χ1v) is 5.35. The van der Waals surface area contributed by atoms with Crippen molar-refractivity contribution in [3.63, 3.8) is 0 Å². The second kappa shape index (κ2) is 5.42. The number of amides is 1. The zero-order valence-electron chi connectivity index (χ0n) is 9.64. The van der Waals surface area contributed by atoms with E-state index in [2.05, 4.69) is 10.6 Å². The van der Waals surface area contributed by atoms with Crippen LogP contribution in [-0.2, 0) is 4.84 Å². The molecule has 0 aliphatic heterocycles. The standard InChI is InChI=1S/C12H11FN2O3/c1-2-17-15-12(16)11-7-10(14-18-11)8-4-3-5-9(13)6-8/h3-7H,2H2,1H3,(H,15,16). The van der Waals surface area contributed by atoms with E-state index in [9.17, 15) is 9.18 Å². The number of hydroxylamine groups is 1. The van der Waals surface area contributed by atoms with Crippen LogP contribution in [0, 0.1) is 5.82 Å². The van der Waals surface area contributed by atoms with Crippen LogP contribution in [0.1, 0.15) is 17.5 Å². The van der Waals surface area contributed by atoms with Crippen molar-refractivity contribution < 1.29 is 18.5 Å². The maximum absolute atomic E-state index is 13.0. The van der Waals surface area contributed by atoms with E-state index in [0.29, 0.717) is 17.9 Å². The topological polar surface area (TPSA) is 64.4 Å². The molecular weight excluding hydrogens is 239 g/mol. The lowest BCUT2D eigenvalue weighted by atomic mass is 10.1. The molecule has 1 aromatic carbocycles. The number of halogens is 1. The Bertz CT molecular complexity index is 554. The third kappa shape index (κ3) is 2.72. The van der Waals surface area contributed by atoms with E-state index in [0.717, 1.165) is 0 Å². The lowest BCUT2D eigenvalue weighted by Crippen LogP contribution is -2.22. The van der Waals surface area contributed by atoms with E-state index in [1.165, 1.54) is 18.2 Å². The van der Waals surface area contributed by atoms with Gasteiger partial charge in [0.25, 0.3) is 0 Å². The molecule has 0 fully saturated rings. The first-order chi connectivity index (χ1) is 8.70. The van der Waals surface area contributed by atoms with Gasteiger partial charge >= 0.3 is 5.91 Å². The monoisotopic (exact) mass is 250 g/mol. The van der Waals surface area contributed by atoms with Crippen molar-refractivity contribution in [3.05, 3.63) is 41.9 Å². The minimum atomic E-state index is -0.535. The summed E-state index contributed by atoms with van der Waals surface area (Å²) in [4.78, 5) is 16.2. The number of hydrogen-bond acceptors (Lipinski definition) is 4. The number of benzene rings is 1. The number of nitrogens with zero attached hydrogens (tertiary/aromatic N) is 1. The van der Waals surface area contributed by atoms with Crippen molar-refractivity contribution >= 4 is 5.91 Å². The molecule has 6 heteroatoms. The molecule has 0 aliphatic rings. The van der Waals surface area contributed by atoms with E-state index >= 15 is 0 Å². The van der Waals surface area contributed by atoms with Crippen molar-refractivity contribution in [3.8, 4) is 11.3 Å². The van der Waals surface area contributed by atoms with Crippen LogP contribution in [0.5, 0.6) is 0 Å². The van der Waals surface area contributed by atoms with Crippen LogP contribution >= 0.6 is 0 Å². The smallest absolute Gasteiger partial charge is 0.313 e. The largest absolute Gasteiger partial charge is 0.350 e. The van der Waals surface area contributed by atoms with Crippen molar-refractivity contribution in [1.82, 2.24) is 10.6 Å². The SMILES string of the molecule is CCONC(=O)c1cc(-c2cccc(F)c2)no1. The van der Waals surface area contributed by atoms with Gasteiger partial charge < -0.3 is 4.52 Å². The molecule has 0 aliphatic carbocycles. The van der Waals surface area contributed by atoms with Gasteiger partial charge in [-0.05, 0) is 19.1 Å². The van der Waals surface area contributed by atoms with E-state index in [1.54, 1.807) is 19.1 Å². The van der Waals surface area contributed by atoms with Crippen LogP contribution in [0.4, 0.5) is 4.39 Å². The van der Waals surface area contributed by atoms with Gasteiger partial charge in [-0.25, -0.2) is 9.87 Å². The fraction of sp³-hybridized carbons (Fsp3) is 0.167. The zero-order valence-corrected chi connectivity index (χ0v) is 9.64. The van der Waals surface area contributed by atoms with E-state index < -0.39 is 5.91 Å². The van der Waals surface area contributed by atoms with E-state index in [4.69, 9.17) is 9.36 Å². The van der Waals surface area contributed by atoms with Crippen molar-refractivity contribution in [1.29, 1.82) is 0 Å². The summed E-state index contributed by atoms with van der Waals surface area (Å²) in [6.07, 6.45) is 0. The fourth-order valence-electron chi connectivity index (χ4n) is 1.35. The molecule has 0 spiro atoms. The minimum absolute atomic E-state index is 0.00251. The lowest BCUT2D eigenvalue weighted by Gasteiger charge is -1.98. The summed E-state index contributed by atoms with van der Waals surface area (Å²) in [6, 6.07) is 7.28. The number of rotatable bonds is 4. The molecule has 94 valence electrons. The van der Waals surface area contributed by atoms with Gasteiger partial charge in [-0.2, -0.15) is 0 Å². The van der Waals surface area contributed by atoms with Crippen LogP contribution in [0.25, 0.3) is 11.3 Å². The Hall–Kier alpha value is -2.21. The first-order valence-electron chi connectivity index (χ1n) is 5.35. The zero-order chi connectivity index (χ0) is 13.0. The van der Waals surface area contributed by atoms with Crippen molar-refractivity contribution in [2.24, 2.45) is 0 Å². The summed E-state index contributed by atoms with van der Waals surface area (Å²) in [7, 11) is 0. The molecule has 2 aromatic rings. The highest BCUT2D eigenvalue weighted by atomic mass is 19.1. The van der Waals surface area contributed by atoms with Gasteiger partial charge in [-0.3, -0.25) is 9.63 Å². The van der Waals surface area contributed by atoms with Crippen molar-refractivity contribution in [2.75, 3.05) is 6.61 Å². The maximum atomic E-state index is 13.0. The third-order valence-electron chi connectivity index (χ3n) is 2.16. The normalized spacial score (nSPS) is 10.3. The van der Waals surface area contributed by atoms with Gasteiger partial charge in [0.1, 0.15) is 11.5 Å². The molecule has 0 unspecified atom stereocenters. The molecule has 0 saturated heterocycles. The van der Waals surface area contributed by atoms with E-state index in [-0.39, 0.29) is 11.6 Å². The molecule has 0 radical (unpaired) electrons. The Labute approximate surface area is 102 Å². The summed E-state index contributed by atoms with van der Waals surface area (Å²) in [6.45, 7) is 2.08. The predicted octanol–water partition coefficient (Wildman–Crippen LogP) is 2.16. The quantitative estimate of drug-likeness (QED) is 0.844. The molecule has 5 nitrogen and oxygen atoms in total. The van der Waals surface area contributed by atoms with Gasteiger partial charge in [0, 0.05) is 11.6 Å². The molecular formula is C12H11FN2O3. The number of carbonyl (C=O) groups is 1. The maximum Gasteiger partial charge on any atom is 0.313 e. The molecule has 1 heterocycles. The van der Waals surface area contributed by atoms with E-state index in [1.807, 2.05) is 0 Å². The van der Waals surface area contributed by atoms with Crippen LogP contribution < -0.4 is 5.48 Å². The minimum Gasteiger partial charge on any atom is -0.350 e. The van der Waals surface area contributed by atoms with Crippen LogP contribution in [0.15, 0.2) is 34.9 Å². The molecule has 1 N–H and O–H groups in total. The Morgan fingerprint density at radius 3 is 3.06 bits per heavy atom. The highest BCUT2D eigenvalue weighted by Crippen LogP contribution is 2.19. The number of hydrogen-bond donors (Lipinski definition) is 1. The van der Waals surface area contributed by atoms with Crippen LogP contribution in [0.2, 0.25) is 0 Å². The van der Waals surface area contributed by atoms with Crippen LogP contribution in [-0.4, -0.2) is 17.7 Å². The molecule has 2 rings (SSSR count). The van der Waals surface area contributed by atoms with Gasteiger partial charge in [0.2, 0.25) is 5.76 Å². The highest BCUT2D eigenvalue weighted by Gasteiger charge is 2.14. The average molecular weight is 250 g/mol. The molecule has 18 heavy (non-hydrogen) atoms. The van der Waals surface area contributed by atoms with Gasteiger partial charge in [0.15, 0.2) is 0 Å². The third-order valence-corrected chi connectivity index (χ3v) is 2.16. The summed E-state index contributed by atoms with van der Waals surface area (Å²) < 4.78 is 17.9. The predicted molar refractivity (Wildman–Crippen MR) is 61.0 cm³/mol. The Balaban J connectivity index is 2.17. The second-order valence-corrected chi connectivity index (χ2v) is 3.45. The van der Waals surface area contributed by atoms with Gasteiger partial charge in [0.05, 0.1) is 6.61 Å². The summed E-state index contributed by atoms with van der Waals surface area (Å²) in [5, 5.41) is 3.70. The molecule has 1 aromatic heterocycles. The summed E-state index contributed by atoms with van der Waals surface area (Å²) in [5.74, 6) is -0.912. The Morgan fingerprint density at radius 1 is 1.50 bits per heavy atom. The Kier molecular flexibility index (Phi) is 3.69. The average Bonchev–Trinajstić information content (AvgIpc) is 2.85. The number of nitrogens with one attached hydrogen (secondary N) is 1. The molecule has 1 amide bonds. The summed E-state index contributed by atoms with van der Waals surface area (Å²) in [5.41, 5.74) is 3.10. The number of carbonyl (C=O) groups excluding carboxylic acids is 1. The van der Waals surface area contributed by atoms with Crippen molar-refractivity contribution in [2.45, 2.75) is 6.92 Å². The second-order valence-electron chi connectivity index (χ2n) is 3.45. The molecule has 0 atom stereocenters. The summed E-state index contributed by atoms with van der Waals surface area (Å²) >= 11 is 0. The van der Waals surface area contributed by atoms with Gasteiger partial charge in [-0.1, -0.05) is 17.3 Å². The Morgan fingerprint density at radius 2 is 2.33 bits per heavy atom. The fourth-order valence-corrected chi connectivity index (χ4v) is 1.35. The lowest BCUT2D eigenvalue weighted by molar-refractivity contribution is 0.0334. The number of aromatic nitrogens is 1. The van der Waals surface area contributed by atoms with Gasteiger partial charge in [-0.15, -0.1) is 0 Å². The highest BCUT2D eigenvalue weighted by molar-refractivity contribution is 5.91.